The molecule has 1 N–H and O–H groups in total. The number of hydrogen-bond acceptors (Lipinski definition) is 2. The molecule has 1 atom stereocenters. The van der Waals surface area contributed by atoms with E-state index >= 15 is 0 Å². The van der Waals surface area contributed by atoms with Crippen LogP contribution in [0.5, 0.6) is 0 Å². The Bertz CT molecular complexity index is 326. The van der Waals surface area contributed by atoms with Gasteiger partial charge in [0.15, 0.2) is 0 Å². The highest BCUT2D eigenvalue weighted by Crippen LogP contribution is 2.32. The molecule has 3 nitrogen and oxygen atoms in total. The predicted octanol–water partition coefficient (Wildman–Crippen LogP) is 2.79. The number of aromatic nitrogens is 2. The first-order valence-electron chi connectivity index (χ1n) is 6.96. The van der Waals surface area contributed by atoms with Gasteiger partial charge >= 0.3 is 0 Å². The summed E-state index contributed by atoms with van der Waals surface area (Å²) in [6.07, 6.45) is 11.0. The van der Waals surface area contributed by atoms with Crippen LogP contribution < -0.4 is 5.32 Å². The number of nitrogens with zero attached hydrogens (tertiary/aromatic N) is 2. The second-order valence-corrected chi connectivity index (χ2v) is 5.47. The molecule has 0 spiro atoms. The third kappa shape index (κ3) is 3.32. The van der Waals surface area contributed by atoms with Gasteiger partial charge < -0.3 is 9.88 Å². The summed E-state index contributed by atoms with van der Waals surface area (Å²) >= 11 is 0. The van der Waals surface area contributed by atoms with E-state index in [0.717, 1.165) is 19.0 Å². The fourth-order valence-electron chi connectivity index (χ4n) is 2.97. The summed E-state index contributed by atoms with van der Waals surface area (Å²) < 4.78 is 2.37. The van der Waals surface area contributed by atoms with Gasteiger partial charge in [-0.25, -0.2) is 4.98 Å². The van der Waals surface area contributed by atoms with Gasteiger partial charge in [0.1, 0.15) is 0 Å². The van der Waals surface area contributed by atoms with Gasteiger partial charge in [0.2, 0.25) is 0 Å². The third-order valence-corrected chi connectivity index (χ3v) is 3.83. The molecule has 1 unspecified atom stereocenters. The molecule has 0 radical (unpaired) electrons. The Morgan fingerprint density at radius 1 is 1.41 bits per heavy atom. The first kappa shape index (κ1) is 12.6. The van der Waals surface area contributed by atoms with Crippen molar-refractivity contribution in [2.24, 2.45) is 5.92 Å². The molecular weight excluding hydrogens is 210 g/mol. The van der Waals surface area contributed by atoms with E-state index in [0.29, 0.717) is 5.92 Å². The average Bonchev–Trinajstić information content (AvgIpc) is 2.78. The van der Waals surface area contributed by atoms with Crippen LogP contribution in [0.3, 0.4) is 0 Å². The van der Waals surface area contributed by atoms with Crippen molar-refractivity contribution in [2.45, 2.75) is 51.5 Å². The lowest BCUT2D eigenvalue weighted by molar-refractivity contribution is 0.400. The molecule has 1 aromatic rings. The molecule has 0 amide bonds. The van der Waals surface area contributed by atoms with Crippen molar-refractivity contribution in [3.8, 4) is 0 Å². The molecule has 1 saturated carbocycles. The van der Waals surface area contributed by atoms with Gasteiger partial charge in [-0.15, -0.1) is 0 Å². The van der Waals surface area contributed by atoms with Crippen molar-refractivity contribution in [3.05, 3.63) is 18.2 Å². The first-order chi connectivity index (χ1) is 8.31. The molecule has 96 valence electrons. The molecule has 3 heteroatoms. The number of imidazole rings is 1. The van der Waals surface area contributed by atoms with Crippen LogP contribution in [0.15, 0.2) is 12.5 Å². The molecule has 0 aliphatic heterocycles. The Balaban J connectivity index is 2.00. The van der Waals surface area contributed by atoms with Crippen molar-refractivity contribution in [1.82, 2.24) is 14.9 Å². The van der Waals surface area contributed by atoms with Crippen molar-refractivity contribution < 1.29 is 0 Å². The molecule has 0 aromatic carbocycles. The predicted molar refractivity (Wildman–Crippen MR) is 71.1 cm³/mol. The Hall–Kier alpha value is -0.830. The molecule has 1 fully saturated rings. The fourth-order valence-corrected chi connectivity index (χ4v) is 2.97. The summed E-state index contributed by atoms with van der Waals surface area (Å²) in [6, 6.07) is 0. The molecule has 1 aromatic heterocycles. The van der Waals surface area contributed by atoms with Crippen molar-refractivity contribution in [2.75, 3.05) is 13.6 Å². The molecule has 1 aliphatic carbocycles. The van der Waals surface area contributed by atoms with E-state index < -0.39 is 0 Å². The minimum atomic E-state index is 0.663. The van der Waals surface area contributed by atoms with Gasteiger partial charge in [-0.3, -0.25) is 0 Å². The molecule has 1 heterocycles. The van der Waals surface area contributed by atoms with Crippen molar-refractivity contribution >= 4 is 0 Å². The first-order valence-corrected chi connectivity index (χ1v) is 6.96. The lowest BCUT2D eigenvalue weighted by Gasteiger charge is -2.24. The van der Waals surface area contributed by atoms with Crippen LogP contribution in [0.1, 0.15) is 50.6 Å². The van der Waals surface area contributed by atoms with Gasteiger partial charge in [-0.2, -0.15) is 0 Å². The van der Waals surface area contributed by atoms with Crippen LogP contribution in [0.25, 0.3) is 0 Å². The lowest BCUT2D eigenvalue weighted by Crippen LogP contribution is -2.22. The van der Waals surface area contributed by atoms with Crippen molar-refractivity contribution in [3.63, 3.8) is 0 Å². The highest BCUT2D eigenvalue weighted by Gasteiger charge is 2.19. The van der Waals surface area contributed by atoms with Crippen LogP contribution in [-0.4, -0.2) is 23.1 Å². The average molecular weight is 235 g/mol. The zero-order chi connectivity index (χ0) is 12.1. The Morgan fingerprint density at radius 2 is 2.18 bits per heavy atom. The fraction of sp³-hybridized carbons (Fsp3) is 0.786. The normalized spacial score (nSPS) is 19.4. The zero-order valence-corrected chi connectivity index (χ0v) is 11.2. The van der Waals surface area contributed by atoms with Gasteiger partial charge in [0, 0.05) is 24.4 Å². The lowest BCUT2D eigenvalue weighted by atomic mass is 9.87. The van der Waals surface area contributed by atoms with Crippen LogP contribution in [-0.2, 0) is 6.54 Å². The standard InChI is InChI=1S/C14H25N3/c1-12(8-15-2)10-17-11-16-9-14(17)13-6-4-3-5-7-13/h9,11-13,15H,3-8,10H2,1-2H3. The molecule has 0 saturated heterocycles. The minimum absolute atomic E-state index is 0.663. The van der Waals surface area contributed by atoms with Crippen LogP contribution in [0.2, 0.25) is 0 Å². The van der Waals surface area contributed by atoms with E-state index in [1.54, 1.807) is 0 Å². The second kappa shape index (κ2) is 6.20. The smallest absolute Gasteiger partial charge is 0.0948 e. The summed E-state index contributed by atoms with van der Waals surface area (Å²) in [5.74, 6) is 1.42. The molecular formula is C14H25N3. The van der Waals surface area contributed by atoms with Gasteiger partial charge in [0.25, 0.3) is 0 Å². The number of hydrogen-bond donors (Lipinski definition) is 1. The third-order valence-electron chi connectivity index (χ3n) is 3.83. The molecule has 1 aliphatic rings. The van der Waals surface area contributed by atoms with E-state index in [1.165, 1.54) is 37.8 Å². The summed E-state index contributed by atoms with van der Waals surface area (Å²) in [4.78, 5) is 4.35. The van der Waals surface area contributed by atoms with E-state index in [9.17, 15) is 0 Å². The Kier molecular flexibility index (Phi) is 4.60. The largest absolute Gasteiger partial charge is 0.334 e. The van der Waals surface area contributed by atoms with Crippen LogP contribution in [0, 0.1) is 5.92 Å². The minimum Gasteiger partial charge on any atom is -0.334 e. The SMILES string of the molecule is CNCC(C)Cn1cncc1C1CCCCC1. The number of nitrogens with one attached hydrogen (secondary N) is 1. The van der Waals surface area contributed by atoms with E-state index in [-0.39, 0.29) is 0 Å². The summed E-state index contributed by atoms with van der Waals surface area (Å²) in [5.41, 5.74) is 1.47. The monoisotopic (exact) mass is 235 g/mol. The molecule has 0 bridgehead atoms. The highest BCUT2D eigenvalue weighted by atomic mass is 15.1. The van der Waals surface area contributed by atoms with E-state index in [1.807, 2.05) is 13.4 Å². The molecule has 17 heavy (non-hydrogen) atoms. The maximum absolute atomic E-state index is 4.35. The Morgan fingerprint density at radius 3 is 2.88 bits per heavy atom. The van der Waals surface area contributed by atoms with Crippen molar-refractivity contribution in [1.29, 1.82) is 0 Å². The highest BCUT2D eigenvalue weighted by molar-refractivity contribution is 5.07. The van der Waals surface area contributed by atoms with Crippen LogP contribution in [0.4, 0.5) is 0 Å². The summed E-state index contributed by atoms with van der Waals surface area (Å²) in [6.45, 7) is 4.45. The Labute approximate surface area is 105 Å². The molecule has 2 rings (SSSR count). The summed E-state index contributed by atoms with van der Waals surface area (Å²) in [5, 5.41) is 3.25. The van der Waals surface area contributed by atoms with Gasteiger partial charge in [0.05, 0.1) is 6.33 Å². The topological polar surface area (TPSA) is 29.9 Å². The van der Waals surface area contributed by atoms with E-state index in [4.69, 9.17) is 0 Å². The second-order valence-electron chi connectivity index (χ2n) is 5.47. The maximum Gasteiger partial charge on any atom is 0.0948 e. The van der Waals surface area contributed by atoms with Gasteiger partial charge in [-0.05, 0) is 32.4 Å². The van der Waals surface area contributed by atoms with Gasteiger partial charge in [-0.1, -0.05) is 26.2 Å². The van der Waals surface area contributed by atoms with E-state index in [2.05, 4.69) is 28.0 Å². The number of rotatable bonds is 5. The van der Waals surface area contributed by atoms with Crippen LogP contribution >= 0.6 is 0 Å². The quantitative estimate of drug-likeness (QED) is 0.850. The zero-order valence-electron chi connectivity index (χ0n) is 11.2. The maximum atomic E-state index is 4.35. The summed E-state index contributed by atoms with van der Waals surface area (Å²) in [7, 11) is 2.02.